The Morgan fingerprint density at radius 2 is 2.15 bits per heavy atom. The molecule has 0 aliphatic carbocycles. The van der Waals surface area contributed by atoms with Crippen LogP contribution in [0.15, 0.2) is 12.1 Å². The lowest BCUT2D eigenvalue weighted by atomic mass is 9.87. The molecule has 0 amide bonds. The number of rotatable bonds is 5. The molecule has 1 unspecified atom stereocenters. The Hall–Kier alpha value is -1.65. The summed E-state index contributed by atoms with van der Waals surface area (Å²) in [4.78, 5) is 13.6. The van der Waals surface area contributed by atoms with Gasteiger partial charge in [-0.1, -0.05) is 26.7 Å². The first-order valence-corrected chi connectivity index (χ1v) is 7.36. The summed E-state index contributed by atoms with van der Waals surface area (Å²) in [5.74, 6) is 1.95. The van der Waals surface area contributed by atoms with E-state index in [-0.39, 0.29) is 5.69 Å². The summed E-state index contributed by atoms with van der Waals surface area (Å²) >= 11 is 0. The molecule has 0 N–H and O–H groups in total. The lowest BCUT2D eigenvalue weighted by Crippen LogP contribution is -2.24. The van der Waals surface area contributed by atoms with E-state index in [1.165, 1.54) is 26.4 Å². The summed E-state index contributed by atoms with van der Waals surface area (Å²) < 4.78 is 4.62. The topological polar surface area (TPSA) is 55.3 Å². The molecule has 0 spiro atoms. The van der Waals surface area contributed by atoms with E-state index in [1.807, 2.05) is 6.07 Å². The first kappa shape index (κ1) is 14.8. The molecule has 20 heavy (non-hydrogen) atoms. The molecule has 2 heterocycles. The monoisotopic (exact) mass is 277 g/mol. The summed E-state index contributed by atoms with van der Waals surface area (Å²) in [5.41, 5.74) is 0.256. The van der Waals surface area contributed by atoms with Gasteiger partial charge in [0.2, 0.25) is 0 Å². The minimum Gasteiger partial charge on any atom is -0.464 e. The number of hydrogen-bond acceptors (Lipinski definition) is 5. The highest BCUT2D eigenvalue weighted by molar-refractivity contribution is 5.86. The summed E-state index contributed by atoms with van der Waals surface area (Å²) in [6.45, 7) is 6.59. The summed E-state index contributed by atoms with van der Waals surface area (Å²) in [7, 11) is 1.35. The van der Waals surface area contributed by atoms with E-state index in [9.17, 15) is 4.79 Å². The van der Waals surface area contributed by atoms with Crippen LogP contribution in [0.1, 0.15) is 43.6 Å². The molecule has 5 nitrogen and oxygen atoms in total. The molecule has 5 heteroatoms. The molecule has 110 valence electrons. The molecule has 1 fully saturated rings. The molecule has 1 aromatic rings. The van der Waals surface area contributed by atoms with Gasteiger partial charge < -0.3 is 9.64 Å². The molecule has 0 radical (unpaired) electrons. The van der Waals surface area contributed by atoms with Crippen LogP contribution in [0, 0.1) is 11.8 Å². The molecule has 1 aromatic heterocycles. The van der Waals surface area contributed by atoms with Crippen LogP contribution in [0.5, 0.6) is 0 Å². The molecule has 0 aromatic carbocycles. The third kappa shape index (κ3) is 3.08. The first-order valence-electron chi connectivity index (χ1n) is 7.36. The minimum atomic E-state index is -0.444. The van der Waals surface area contributed by atoms with Crippen LogP contribution in [-0.4, -0.2) is 36.4 Å². The molecule has 1 saturated heterocycles. The minimum absolute atomic E-state index is 0.256. The second-order valence-corrected chi connectivity index (χ2v) is 5.34. The van der Waals surface area contributed by atoms with E-state index in [1.54, 1.807) is 6.07 Å². The Balaban J connectivity index is 2.01. The van der Waals surface area contributed by atoms with Crippen LogP contribution in [0.3, 0.4) is 0 Å². The van der Waals surface area contributed by atoms with Gasteiger partial charge in [0, 0.05) is 13.1 Å². The van der Waals surface area contributed by atoms with Crippen LogP contribution in [0.2, 0.25) is 0 Å². The van der Waals surface area contributed by atoms with Crippen molar-refractivity contribution in [1.29, 1.82) is 0 Å². The molecular weight excluding hydrogens is 254 g/mol. The molecule has 2 rings (SSSR count). The fourth-order valence-electron chi connectivity index (χ4n) is 3.04. The van der Waals surface area contributed by atoms with Gasteiger partial charge in [-0.3, -0.25) is 0 Å². The Morgan fingerprint density at radius 3 is 2.70 bits per heavy atom. The van der Waals surface area contributed by atoms with Crippen molar-refractivity contribution in [2.24, 2.45) is 11.8 Å². The van der Waals surface area contributed by atoms with Crippen LogP contribution in [0.4, 0.5) is 5.82 Å². The summed E-state index contributed by atoms with van der Waals surface area (Å²) in [6, 6.07) is 3.53. The van der Waals surface area contributed by atoms with Crippen molar-refractivity contribution in [1.82, 2.24) is 10.2 Å². The lowest BCUT2D eigenvalue weighted by Gasteiger charge is -2.21. The molecule has 1 aliphatic heterocycles. The number of ether oxygens (including phenoxy) is 1. The zero-order chi connectivity index (χ0) is 14.5. The van der Waals surface area contributed by atoms with Gasteiger partial charge in [-0.2, -0.15) is 0 Å². The smallest absolute Gasteiger partial charge is 0.358 e. The maximum Gasteiger partial charge on any atom is 0.358 e. The van der Waals surface area contributed by atoms with E-state index in [2.05, 4.69) is 33.7 Å². The highest BCUT2D eigenvalue weighted by atomic mass is 16.5. The number of hydrogen-bond donors (Lipinski definition) is 0. The van der Waals surface area contributed by atoms with Crippen LogP contribution in [-0.2, 0) is 4.74 Å². The van der Waals surface area contributed by atoms with E-state index < -0.39 is 5.97 Å². The lowest BCUT2D eigenvalue weighted by molar-refractivity contribution is 0.0592. The number of esters is 1. The van der Waals surface area contributed by atoms with E-state index in [0.717, 1.165) is 30.7 Å². The van der Waals surface area contributed by atoms with Crippen LogP contribution < -0.4 is 4.90 Å². The number of aromatic nitrogens is 2. The fraction of sp³-hybridized carbons (Fsp3) is 0.667. The van der Waals surface area contributed by atoms with Crippen molar-refractivity contribution in [3.8, 4) is 0 Å². The normalized spacial score (nSPS) is 18.6. The van der Waals surface area contributed by atoms with Crippen molar-refractivity contribution in [2.75, 3.05) is 25.1 Å². The average molecular weight is 277 g/mol. The molecule has 1 atom stereocenters. The third-order valence-electron chi connectivity index (χ3n) is 4.31. The quantitative estimate of drug-likeness (QED) is 0.774. The van der Waals surface area contributed by atoms with Gasteiger partial charge in [-0.25, -0.2) is 4.79 Å². The van der Waals surface area contributed by atoms with Gasteiger partial charge in [-0.15, -0.1) is 10.2 Å². The number of anilines is 1. The van der Waals surface area contributed by atoms with Crippen molar-refractivity contribution in [3.05, 3.63) is 17.8 Å². The second-order valence-electron chi connectivity index (χ2n) is 5.34. The molecule has 1 aliphatic rings. The van der Waals surface area contributed by atoms with Crippen LogP contribution >= 0.6 is 0 Å². The maximum absolute atomic E-state index is 11.3. The predicted octanol–water partition coefficient (Wildman–Crippen LogP) is 2.53. The van der Waals surface area contributed by atoms with Gasteiger partial charge in [0.1, 0.15) is 0 Å². The summed E-state index contributed by atoms with van der Waals surface area (Å²) in [5, 5.41) is 8.09. The molecular formula is C15H23N3O2. The molecule has 0 saturated carbocycles. The van der Waals surface area contributed by atoms with Gasteiger partial charge >= 0.3 is 5.97 Å². The van der Waals surface area contributed by atoms with Gasteiger partial charge in [0.25, 0.3) is 0 Å². The van der Waals surface area contributed by atoms with Crippen molar-refractivity contribution >= 4 is 11.8 Å². The average Bonchev–Trinajstić information content (AvgIpc) is 2.97. The third-order valence-corrected chi connectivity index (χ3v) is 4.31. The summed E-state index contributed by atoms with van der Waals surface area (Å²) in [6.07, 6.45) is 3.69. The number of carbonyl (C=O) groups is 1. The zero-order valence-electron chi connectivity index (χ0n) is 12.5. The number of methoxy groups -OCH3 is 1. The SMILES string of the molecule is CCC(CC)C1CCN(c2ccc(C(=O)OC)nn2)C1. The van der Waals surface area contributed by atoms with Gasteiger partial charge in [-0.05, 0) is 30.4 Å². The predicted molar refractivity (Wildman–Crippen MR) is 77.8 cm³/mol. The van der Waals surface area contributed by atoms with Crippen molar-refractivity contribution in [2.45, 2.75) is 33.1 Å². The highest BCUT2D eigenvalue weighted by Crippen LogP contribution is 2.30. The Bertz CT molecular complexity index is 443. The standard InChI is InChI=1S/C15H23N3O2/c1-4-11(5-2)12-8-9-18(10-12)14-7-6-13(16-17-14)15(19)20-3/h6-7,11-12H,4-5,8-10H2,1-3H3. The van der Waals surface area contributed by atoms with Crippen molar-refractivity contribution in [3.63, 3.8) is 0 Å². The van der Waals surface area contributed by atoms with E-state index in [0.29, 0.717) is 0 Å². The Kier molecular flexibility index (Phi) is 4.93. The highest BCUT2D eigenvalue weighted by Gasteiger charge is 2.28. The maximum atomic E-state index is 11.3. The zero-order valence-corrected chi connectivity index (χ0v) is 12.5. The number of carbonyl (C=O) groups excluding carboxylic acids is 1. The van der Waals surface area contributed by atoms with Gasteiger partial charge in [0.05, 0.1) is 7.11 Å². The van der Waals surface area contributed by atoms with Crippen LogP contribution in [0.25, 0.3) is 0 Å². The van der Waals surface area contributed by atoms with Crippen molar-refractivity contribution < 1.29 is 9.53 Å². The van der Waals surface area contributed by atoms with E-state index in [4.69, 9.17) is 0 Å². The second kappa shape index (κ2) is 6.68. The largest absolute Gasteiger partial charge is 0.464 e. The Morgan fingerprint density at radius 1 is 1.40 bits per heavy atom. The first-order chi connectivity index (χ1) is 9.69. The fourth-order valence-corrected chi connectivity index (χ4v) is 3.04. The molecule has 0 bridgehead atoms. The number of nitrogens with zero attached hydrogens (tertiary/aromatic N) is 3. The van der Waals surface area contributed by atoms with E-state index >= 15 is 0 Å². The van der Waals surface area contributed by atoms with Gasteiger partial charge in [0.15, 0.2) is 11.5 Å². The Labute approximate surface area is 120 Å².